The zero-order chi connectivity index (χ0) is 24.6. The van der Waals surface area contributed by atoms with Crippen molar-refractivity contribution in [1.82, 2.24) is 4.98 Å². The fraction of sp³-hybridized carbons (Fsp3) is 0.407. The maximum Gasteiger partial charge on any atom is 0.306 e. The third-order valence-corrected chi connectivity index (χ3v) is 6.82. The third-order valence-electron chi connectivity index (χ3n) is 5.95. The normalized spacial score (nSPS) is 14.3. The van der Waals surface area contributed by atoms with Gasteiger partial charge in [0.1, 0.15) is 10.8 Å². The second kappa shape index (κ2) is 11.9. The van der Waals surface area contributed by atoms with E-state index < -0.39 is 0 Å². The molecular weight excluding hydrogens is 466 g/mol. The average molecular weight is 498 g/mol. The minimum absolute atomic E-state index is 0.125. The summed E-state index contributed by atoms with van der Waals surface area (Å²) in [5.41, 5.74) is 3.45. The van der Waals surface area contributed by atoms with E-state index in [1.165, 1.54) is 22.5 Å². The van der Waals surface area contributed by atoms with Crippen molar-refractivity contribution in [3.63, 3.8) is 0 Å². The first-order valence-corrected chi connectivity index (χ1v) is 12.7. The Labute approximate surface area is 210 Å². The Balaban J connectivity index is 1.25. The number of esters is 1. The van der Waals surface area contributed by atoms with E-state index in [0.717, 1.165) is 35.6 Å². The SMILES string of the molecule is CCOC(=O)C[C@@H]1CCc2cc(OCCCOc3ccc(-c4nc(OC)cs4)cc3OC)ccc21. The second-order valence-corrected chi connectivity index (χ2v) is 9.07. The maximum atomic E-state index is 11.8. The number of thiazole rings is 1. The van der Waals surface area contributed by atoms with E-state index >= 15 is 0 Å². The number of carbonyl (C=O) groups is 1. The van der Waals surface area contributed by atoms with E-state index in [0.29, 0.717) is 43.6 Å². The highest BCUT2D eigenvalue weighted by Crippen LogP contribution is 2.38. The van der Waals surface area contributed by atoms with Crippen LogP contribution < -0.4 is 18.9 Å². The molecule has 0 N–H and O–H groups in total. The summed E-state index contributed by atoms with van der Waals surface area (Å²) >= 11 is 1.52. The first-order chi connectivity index (χ1) is 17.1. The molecule has 2 aromatic carbocycles. The van der Waals surface area contributed by atoms with Gasteiger partial charge in [-0.1, -0.05) is 6.07 Å². The number of aryl methyl sites for hydroxylation is 1. The fourth-order valence-electron chi connectivity index (χ4n) is 4.24. The van der Waals surface area contributed by atoms with Gasteiger partial charge < -0.3 is 23.7 Å². The summed E-state index contributed by atoms with van der Waals surface area (Å²) in [4.78, 5) is 16.3. The first kappa shape index (κ1) is 24.9. The van der Waals surface area contributed by atoms with Crippen LogP contribution in [-0.4, -0.2) is 45.0 Å². The molecule has 186 valence electrons. The fourth-order valence-corrected chi connectivity index (χ4v) is 5.01. The molecule has 0 aliphatic heterocycles. The Morgan fingerprint density at radius 2 is 1.91 bits per heavy atom. The molecule has 1 aromatic heterocycles. The van der Waals surface area contributed by atoms with E-state index in [2.05, 4.69) is 17.1 Å². The molecule has 0 saturated heterocycles. The number of hydrogen-bond acceptors (Lipinski definition) is 8. The van der Waals surface area contributed by atoms with E-state index in [9.17, 15) is 4.79 Å². The number of rotatable bonds is 12. The topological polar surface area (TPSA) is 76.1 Å². The van der Waals surface area contributed by atoms with Gasteiger partial charge in [0, 0.05) is 12.0 Å². The standard InChI is InChI=1S/C27H31NO6S/c1-4-32-26(29)16-19-7-6-18-14-21(9-10-22(18)19)33-12-5-13-34-23-11-8-20(15-24(23)30-2)27-28-25(31-3)17-35-27/h8-11,14-15,17,19H,4-7,12-13,16H2,1-3H3/t19-/m0/s1. The van der Waals surface area contributed by atoms with Crippen molar-refractivity contribution >= 4 is 17.3 Å². The molecule has 0 amide bonds. The first-order valence-electron chi connectivity index (χ1n) is 11.8. The van der Waals surface area contributed by atoms with Crippen LogP contribution in [0.4, 0.5) is 0 Å². The van der Waals surface area contributed by atoms with Crippen LogP contribution in [0.1, 0.15) is 43.2 Å². The summed E-state index contributed by atoms with van der Waals surface area (Å²) in [6, 6.07) is 11.9. The van der Waals surface area contributed by atoms with Crippen molar-refractivity contribution < 1.29 is 28.5 Å². The van der Waals surface area contributed by atoms with E-state index in [1.54, 1.807) is 14.2 Å². The van der Waals surface area contributed by atoms with E-state index in [4.69, 9.17) is 23.7 Å². The van der Waals surface area contributed by atoms with Crippen molar-refractivity contribution in [2.24, 2.45) is 0 Å². The average Bonchev–Trinajstić information content (AvgIpc) is 3.51. The largest absolute Gasteiger partial charge is 0.493 e. The van der Waals surface area contributed by atoms with Crippen molar-refractivity contribution in [2.75, 3.05) is 34.0 Å². The molecule has 1 aliphatic rings. The molecule has 0 unspecified atom stereocenters. The summed E-state index contributed by atoms with van der Waals surface area (Å²) in [5, 5.41) is 2.73. The number of hydrogen-bond donors (Lipinski definition) is 0. The van der Waals surface area contributed by atoms with Crippen molar-refractivity contribution in [2.45, 2.75) is 38.5 Å². The lowest BCUT2D eigenvalue weighted by atomic mass is 9.98. The highest BCUT2D eigenvalue weighted by Gasteiger charge is 2.25. The molecule has 35 heavy (non-hydrogen) atoms. The Morgan fingerprint density at radius 1 is 1.06 bits per heavy atom. The van der Waals surface area contributed by atoms with E-state index in [1.807, 2.05) is 36.6 Å². The number of carbonyl (C=O) groups excluding carboxylic acids is 1. The molecule has 0 radical (unpaired) electrons. The molecule has 1 aliphatic carbocycles. The Morgan fingerprint density at radius 3 is 2.69 bits per heavy atom. The summed E-state index contributed by atoms with van der Waals surface area (Å²) in [7, 11) is 3.23. The van der Waals surface area contributed by atoms with Crippen LogP contribution in [0.25, 0.3) is 10.6 Å². The molecule has 1 heterocycles. The van der Waals surface area contributed by atoms with Crippen LogP contribution in [0.5, 0.6) is 23.1 Å². The maximum absolute atomic E-state index is 11.8. The van der Waals surface area contributed by atoms with Gasteiger partial charge in [0.25, 0.3) is 0 Å². The zero-order valence-corrected chi connectivity index (χ0v) is 21.2. The minimum Gasteiger partial charge on any atom is -0.493 e. The van der Waals surface area contributed by atoms with Gasteiger partial charge in [0.2, 0.25) is 5.88 Å². The van der Waals surface area contributed by atoms with Gasteiger partial charge in [-0.25, -0.2) is 4.98 Å². The lowest BCUT2D eigenvalue weighted by Gasteiger charge is -2.13. The predicted molar refractivity (Wildman–Crippen MR) is 135 cm³/mol. The summed E-state index contributed by atoms with van der Waals surface area (Å²) in [6.45, 7) is 3.32. The number of methoxy groups -OCH3 is 2. The molecule has 0 spiro atoms. The highest BCUT2D eigenvalue weighted by molar-refractivity contribution is 7.13. The number of aromatic nitrogens is 1. The monoisotopic (exact) mass is 497 g/mol. The molecular formula is C27H31NO6S. The van der Waals surface area contributed by atoms with E-state index in [-0.39, 0.29) is 11.9 Å². The number of benzene rings is 2. The number of fused-ring (bicyclic) bond motifs is 1. The quantitative estimate of drug-likeness (QED) is 0.236. The van der Waals surface area contributed by atoms with Gasteiger partial charge in [-0.05, 0) is 67.1 Å². The molecule has 0 saturated carbocycles. The van der Waals surface area contributed by atoms with Crippen LogP contribution in [0.2, 0.25) is 0 Å². The Bertz CT molecular complexity index is 1140. The summed E-state index contributed by atoms with van der Waals surface area (Å²) in [5.74, 6) is 2.91. The molecule has 0 bridgehead atoms. The minimum atomic E-state index is -0.125. The molecule has 3 aromatic rings. The van der Waals surface area contributed by atoms with Gasteiger partial charge in [-0.3, -0.25) is 4.79 Å². The van der Waals surface area contributed by atoms with Gasteiger partial charge in [0.05, 0.1) is 45.8 Å². The Kier molecular flexibility index (Phi) is 8.47. The van der Waals surface area contributed by atoms with Gasteiger partial charge >= 0.3 is 5.97 Å². The van der Waals surface area contributed by atoms with Crippen LogP contribution in [0, 0.1) is 0 Å². The lowest BCUT2D eigenvalue weighted by Crippen LogP contribution is -2.08. The van der Waals surface area contributed by atoms with Crippen LogP contribution >= 0.6 is 11.3 Å². The zero-order valence-electron chi connectivity index (χ0n) is 20.4. The second-order valence-electron chi connectivity index (χ2n) is 8.22. The van der Waals surface area contributed by atoms with Crippen molar-refractivity contribution in [1.29, 1.82) is 0 Å². The number of ether oxygens (including phenoxy) is 5. The highest BCUT2D eigenvalue weighted by atomic mass is 32.1. The molecule has 0 fully saturated rings. The van der Waals surface area contributed by atoms with Crippen LogP contribution in [-0.2, 0) is 16.0 Å². The van der Waals surface area contributed by atoms with Gasteiger partial charge in [-0.15, -0.1) is 11.3 Å². The van der Waals surface area contributed by atoms with Crippen LogP contribution in [0.15, 0.2) is 41.8 Å². The molecule has 4 rings (SSSR count). The molecule has 8 heteroatoms. The van der Waals surface area contributed by atoms with Crippen molar-refractivity contribution in [3.05, 3.63) is 52.9 Å². The summed E-state index contributed by atoms with van der Waals surface area (Å²) in [6.07, 6.45) is 3.11. The van der Waals surface area contributed by atoms with Crippen molar-refractivity contribution in [3.8, 4) is 33.7 Å². The van der Waals surface area contributed by atoms with Crippen LogP contribution in [0.3, 0.4) is 0 Å². The van der Waals surface area contributed by atoms with Gasteiger partial charge in [-0.2, -0.15) is 0 Å². The third kappa shape index (κ3) is 6.25. The molecule has 7 nitrogen and oxygen atoms in total. The molecule has 1 atom stereocenters. The lowest BCUT2D eigenvalue weighted by molar-refractivity contribution is -0.143. The number of nitrogens with zero attached hydrogens (tertiary/aromatic N) is 1. The van der Waals surface area contributed by atoms with Gasteiger partial charge in [0.15, 0.2) is 11.5 Å². The Hall–Kier alpha value is -3.26. The smallest absolute Gasteiger partial charge is 0.306 e. The predicted octanol–water partition coefficient (Wildman–Crippen LogP) is 5.66. The summed E-state index contributed by atoms with van der Waals surface area (Å²) < 4.78 is 27.7.